The molecule has 1 amide bonds. The normalized spacial score (nSPS) is 17.8. The van der Waals surface area contributed by atoms with Crippen LogP contribution in [0.3, 0.4) is 0 Å². The monoisotopic (exact) mass is 383 g/mol. The minimum atomic E-state index is -0.301. The number of hydrogen-bond donors (Lipinski definition) is 1. The number of hydrogen-bond acceptors (Lipinski definition) is 6. The largest absolute Gasteiger partial charge is 0.372 e. The molecule has 0 bridgehead atoms. The van der Waals surface area contributed by atoms with E-state index in [0.717, 1.165) is 31.6 Å². The summed E-state index contributed by atoms with van der Waals surface area (Å²) in [6, 6.07) is 8.17. The van der Waals surface area contributed by atoms with Crippen molar-refractivity contribution in [2.45, 2.75) is 38.5 Å². The molecule has 1 aromatic carbocycles. The van der Waals surface area contributed by atoms with Crippen molar-refractivity contribution in [3.05, 3.63) is 30.2 Å². The van der Waals surface area contributed by atoms with Crippen LogP contribution in [0.1, 0.15) is 49.2 Å². The van der Waals surface area contributed by atoms with Gasteiger partial charge in [0.15, 0.2) is 0 Å². The van der Waals surface area contributed by atoms with E-state index < -0.39 is 0 Å². The van der Waals surface area contributed by atoms with Crippen LogP contribution >= 0.6 is 0 Å². The van der Waals surface area contributed by atoms with Crippen molar-refractivity contribution in [3.8, 4) is 11.4 Å². The number of amides is 1. The highest BCUT2D eigenvalue weighted by molar-refractivity contribution is 5.89. The van der Waals surface area contributed by atoms with Gasteiger partial charge in [0.1, 0.15) is 0 Å². The predicted octanol–water partition coefficient (Wildman–Crippen LogP) is 2.94. The first-order valence-electron chi connectivity index (χ1n) is 10.5. The number of benzene rings is 1. The molecule has 2 saturated heterocycles. The number of piperidine rings is 1. The lowest BCUT2D eigenvalue weighted by Gasteiger charge is -2.28. The maximum atomic E-state index is 12.2. The Labute approximate surface area is 166 Å². The van der Waals surface area contributed by atoms with Crippen molar-refractivity contribution in [1.29, 1.82) is 0 Å². The number of rotatable bonds is 7. The van der Waals surface area contributed by atoms with E-state index in [4.69, 9.17) is 4.52 Å². The van der Waals surface area contributed by atoms with Gasteiger partial charge >= 0.3 is 11.8 Å². The van der Waals surface area contributed by atoms with Gasteiger partial charge in [-0.2, -0.15) is 4.98 Å². The fourth-order valence-corrected chi connectivity index (χ4v) is 3.99. The zero-order valence-corrected chi connectivity index (χ0v) is 16.4. The second-order valence-corrected chi connectivity index (χ2v) is 7.68. The van der Waals surface area contributed by atoms with Gasteiger partial charge in [0.2, 0.25) is 5.82 Å². The first-order chi connectivity index (χ1) is 13.8. The maximum absolute atomic E-state index is 12.2. The molecule has 0 aliphatic carbocycles. The molecule has 7 nitrogen and oxygen atoms in total. The zero-order valence-electron chi connectivity index (χ0n) is 16.4. The second-order valence-electron chi connectivity index (χ2n) is 7.68. The van der Waals surface area contributed by atoms with Crippen LogP contribution in [-0.4, -0.2) is 60.2 Å². The van der Waals surface area contributed by atoms with Gasteiger partial charge in [-0.05, 0) is 82.4 Å². The molecule has 28 heavy (non-hydrogen) atoms. The Hall–Kier alpha value is -2.41. The zero-order chi connectivity index (χ0) is 19.2. The third kappa shape index (κ3) is 4.70. The van der Waals surface area contributed by atoms with Crippen LogP contribution in [0, 0.1) is 0 Å². The first-order valence-corrected chi connectivity index (χ1v) is 10.5. The van der Waals surface area contributed by atoms with E-state index in [1.54, 1.807) is 0 Å². The number of anilines is 1. The van der Waals surface area contributed by atoms with E-state index in [1.807, 2.05) is 12.1 Å². The molecule has 0 saturated carbocycles. The molecular formula is C21H29N5O2. The van der Waals surface area contributed by atoms with Crippen molar-refractivity contribution in [3.63, 3.8) is 0 Å². The van der Waals surface area contributed by atoms with Gasteiger partial charge in [-0.3, -0.25) is 4.79 Å². The quantitative estimate of drug-likeness (QED) is 0.741. The Morgan fingerprint density at radius 3 is 2.46 bits per heavy atom. The van der Waals surface area contributed by atoms with Crippen molar-refractivity contribution in [1.82, 2.24) is 20.4 Å². The molecule has 3 heterocycles. The lowest BCUT2D eigenvalue weighted by atomic mass is 10.1. The average Bonchev–Trinajstić information content (AvgIpc) is 3.44. The third-order valence-electron chi connectivity index (χ3n) is 5.60. The van der Waals surface area contributed by atoms with E-state index >= 15 is 0 Å². The number of aromatic nitrogens is 2. The lowest BCUT2D eigenvalue weighted by Crippen LogP contribution is -2.29. The van der Waals surface area contributed by atoms with Crippen molar-refractivity contribution in [2.75, 3.05) is 44.2 Å². The van der Waals surface area contributed by atoms with Gasteiger partial charge in [-0.15, -0.1) is 0 Å². The first kappa shape index (κ1) is 18.9. The summed E-state index contributed by atoms with van der Waals surface area (Å²) in [6.07, 6.45) is 7.34. The number of nitrogens with zero attached hydrogens (tertiary/aromatic N) is 4. The number of carbonyl (C=O) groups is 1. The average molecular weight is 383 g/mol. The minimum Gasteiger partial charge on any atom is -0.372 e. The molecule has 2 aromatic rings. The van der Waals surface area contributed by atoms with Crippen molar-refractivity contribution >= 4 is 11.6 Å². The van der Waals surface area contributed by atoms with Gasteiger partial charge < -0.3 is 19.6 Å². The lowest BCUT2D eigenvalue weighted by molar-refractivity contribution is 0.0908. The molecule has 7 heteroatoms. The van der Waals surface area contributed by atoms with Crippen LogP contribution in [-0.2, 0) is 0 Å². The standard InChI is InChI=1S/C21H29N5O2/c27-20(22-11-6-14-25-12-4-5-13-25)21-23-19(24-28-21)17-7-9-18(10-8-17)26-15-2-1-3-16-26/h7-10H,1-6,11-16H2,(H,22,27). The minimum absolute atomic E-state index is 0.0243. The maximum Gasteiger partial charge on any atom is 0.316 e. The molecule has 4 rings (SSSR count). The molecule has 0 atom stereocenters. The molecule has 1 N–H and O–H groups in total. The summed E-state index contributed by atoms with van der Waals surface area (Å²) in [6.45, 7) is 6.23. The fraction of sp³-hybridized carbons (Fsp3) is 0.571. The van der Waals surface area contributed by atoms with E-state index in [2.05, 4.69) is 37.4 Å². The second kappa shape index (κ2) is 9.19. The van der Waals surface area contributed by atoms with Crippen LogP contribution in [0.15, 0.2) is 28.8 Å². The molecule has 0 spiro atoms. The van der Waals surface area contributed by atoms with Gasteiger partial charge in [0, 0.05) is 30.9 Å². The van der Waals surface area contributed by atoms with E-state index in [0.29, 0.717) is 12.4 Å². The Morgan fingerprint density at radius 2 is 1.71 bits per heavy atom. The Bertz CT molecular complexity index is 761. The molecule has 2 aliphatic rings. The molecule has 150 valence electrons. The Kier molecular flexibility index (Phi) is 6.21. The summed E-state index contributed by atoms with van der Waals surface area (Å²) >= 11 is 0. The van der Waals surface area contributed by atoms with Crippen LogP contribution in [0.4, 0.5) is 5.69 Å². The summed E-state index contributed by atoms with van der Waals surface area (Å²) in [5.74, 6) is 0.175. The third-order valence-corrected chi connectivity index (χ3v) is 5.60. The predicted molar refractivity (Wildman–Crippen MR) is 108 cm³/mol. The highest BCUT2D eigenvalue weighted by atomic mass is 16.5. The molecule has 0 radical (unpaired) electrons. The SMILES string of the molecule is O=C(NCCCN1CCCC1)c1nc(-c2ccc(N3CCCCC3)cc2)no1. The van der Waals surface area contributed by atoms with E-state index in [-0.39, 0.29) is 11.8 Å². The highest BCUT2D eigenvalue weighted by Gasteiger charge is 2.17. The molecule has 0 unspecified atom stereocenters. The Balaban J connectivity index is 1.28. The number of carbonyl (C=O) groups excluding carboxylic acids is 1. The van der Waals surface area contributed by atoms with Gasteiger partial charge in [-0.1, -0.05) is 5.16 Å². The highest BCUT2D eigenvalue weighted by Crippen LogP contribution is 2.23. The summed E-state index contributed by atoms with van der Waals surface area (Å²) < 4.78 is 5.16. The molecule has 1 aromatic heterocycles. The van der Waals surface area contributed by atoms with Crippen LogP contribution in [0.5, 0.6) is 0 Å². The summed E-state index contributed by atoms with van der Waals surface area (Å²) in [7, 11) is 0. The summed E-state index contributed by atoms with van der Waals surface area (Å²) in [5.41, 5.74) is 2.08. The number of likely N-dealkylation sites (tertiary alicyclic amines) is 1. The van der Waals surface area contributed by atoms with Crippen molar-refractivity contribution < 1.29 is 9.32 Å². The van der Waals surface area contributed by atoms with Gasteiger partial charge in [0.05, 0.1) is 0 Å². The molecular weight excluding hydrogens is 354 g/mol. The van der Waals surface area contributed by atoms with Crippen molar-refractivity contribution in [2.24, 2.45) is 0 Å². The van der Waals surface area contributed by atoms with Gasteiger partial charge in [-0.25, -0.2) is 0 Å². The Morgan fingerprint density at radius 1 is 1.00 bits per heavy atom. The smallest absolute Gasteiger partial charge is 0.316 e. The fourth-order valence-electron chi connectivity index (χ4n) is 3.99. The van der Waals surface area contributed by atoms with Crippen LogP contribution in [0.2, 0.25) is 0 Å². The van der Waals surface area contributed by atoms with Gasteiger partial charge in [0.25, 0.3) is 0 Å². The number of nitrogens with one attached hydrogen (secondary N) is 1. The van der Waals surface area contributed by atoms with Crippen LogP contribution in [0.25, 0.3) is 11.4 Å². The van der Waals surface area contributed by atoms with E-state index in [9.17, 15) is 4.79 Å². The van der Waals surface area contributed by atoms with Crippen LogP contribution < -0.4 is 10.2 Å². The molecule has 2 aliphatic heterocycles. The molecule has 2 fully saturated rings. The summed E-state index contributed by atoms with van der Waals surface area (Å²) in [5, 5.41) is 6.84. The topological polar surface area (TPSA) is 74.5 Å². The summed E-state index contributed by atoms with van der Waals surface area (Å²) in [4.78, 5) is 21.3. The van der Waals surface area contributed by atoms with E-state index in [1.165, 1.54) is 50.9 Å².